The standard InChI is InChI=1S/C20H29Cl2N5O.HI/c1-5-17-16(18(6-2)27(4)26-17)11-24-20(23-7-3)25-12-19(28)13-8-14(21)10-15(22)9-13;/h8-10,19,28H,5-7,11-12H2,1-4H3,(H2,23,24,25);1H. The van der Waals surface area contributed by atoms with Crippen molar-refractivity contribution in [1.82, 2.24) is 20.4 Å². The predicted molar refractivity (Wildman–Crippen MR) is 132 cm³/mol. The van der Waals surface area contributed by atoms with Crippen LogP contribution in [0.4, 0.5) is 0 Å². The summed E-state index contributed by atoms with van der Waals surface area (Å²) in [5.74, 6) is 0.641. The third kappa shape index (κ3) is 7.31. The van der Waals surface area contributed by atoms with Gasteiger partial charge in [-0.1, -0.05) is 37.0 Å². The van der Waals surface area contributed by atoms with E-state index in [1.54, 1.807) is 18.2 Å². The van der Waals surface area contributed by atoms with Crippen LogP contribution in [0.5, 0.6) is 0 Å². The Morgan fingerprint density at radius 3 is 2.34 bits per heavy atom. The molecule has 29 heavy (non-hydrogen) atoms. The zero-order valence-electron chi connectivity index (χ0n) is 17.3. The maximum Gasteiger partial charge on any atom is 0.191 e. The van der Waals surface area contributed by atoms with Crippen LogP contribution in [0.3, 0.4) is 0 Å². The van der Waals surface area contributed by atoms with Crippen LogP contribution in [0.2, 0.25) is 10.0 Å². The fourth-order valence-corrected chi connectivity index (χ4v) is 3.69. The Bertz CT molecular complexity index is 805. The van der Waals surface area contributed by atoms with Crippen LogP contribution >= 0.6 is 47.2 Å². The molecule has 0 saturated heterocycles. The number of aliphatic hydroxyl groups excluding tert-OH is 1. The molecule has 0 aliphatic rings. The average Bonchev–Trinajstić information content (AvgIpc) is 2.97. The Labute approximate surface area is 200 Å². The second kappa shape index (κ2) is 12.6. The number of aliphatic imine (C=N–C) groups is 1. The molecule has 2 aromatic rings. The first kappa shape index (κ1) is 26.0. The lowest BCUT2D eigenvalue weighted by Gasteiger charge is -2.16. The molecule has 1 heterocycles. The molecule has 162 valence electrons. The summed E-state index contributed by atoms with van der Waals surface area (Å²) in [5.41, 5.74) is 4.11. The molecule has 1 aromatic heterocycles. The lowest BCUT2D eigenvalue weighted by atomic mass is 10.1. The lowest BCUT2D eigenvalue weighted by molar-refractivity contribution is 0.181. The molecular weight excluding hydrogens is 524 g/mol. The third-order valence-corrected chi connectivity index (χ3v) is 4.94. The van der Waals surface area contributed by atoms with Crippen molar-refractivity contribution in [3.63, 3.8) is 0 Å². The number of aliphatic hydroxyl groups is 1. The maximum atomic E-state index is 10.5. The van der Waals surface area contributed by atoms with Gasteiger partial charge >= 0.3 is 0 Å². The molecule has 1 atom stereocenters. The van der Waals surface area contributed by atoms with Crippen LogP contribution in [0.15, 0.2) is 23.2 Å². The van der Waals surface area contributed by atoms with Gasteiger partial charge in [-0.05, 0) is 43.5 Å². The van der Waals surface area contributed by atoms with E-state index < -0.39 is 6.10 Å². The van der Waals surface area contributed by atoms with Gasteiger partial charge in [0, 0.05) is 41.4 Å². The van der Waals surface area contributed by atoms with E-state index in [9.17, 15) is 5.11 Å². The second-order valence-corrected chi connectivity index (χ2v) is 7.37. The maximum absolute atomic E-state index is 10.5. The quantitative estimate of drug-likeness (QED) is 0.259. The largest absolute Gasteiger partial charge is 0.387 e. The molecule has 1 unspecified atom stereocenters. The van der Waals surface area contributed by atoms with Gasteiger partial charge in [-0.15, -0.1) is 24.0 Å². The average molecular weight is 554 g/mol. The van der Waals surface area contributed by atoms with E-state index in [4.69, 9.17) is 28.2 Å². The fraction of sp³-hybridized carbons (Fsp3) is 0.500. The highest BCUT2D eigenvalue weighted by Crippen LogP contribution is 2.23. The monoisotopic (exact) mass is 553 g/mol. The minimum atomic E-state index is -0.754. The first-order chi connectivity index (χ1) is 13.4. The van der Waals surface area contributed by atoms with Gasteiger partial charge in [0.2, 0.25) is 0 Å². The van der Waals surface area contributed by atoms with Gasteiger partial charge in [-0.3, -0.25) is 4.68 Å². The zero-order valence-corrected chi connectivity index (χ0v) is 21.1. The summed E-state index contributed by atoms with van der Waals surface area (Å²) in [6, 6.07) is 5.06. The van der Waals surface area contributed by atoms with Gasteiger partial charge in [-0.2, -0.15) is 5.10 Å². The van der Waals surface area contributed by atoms with Crippen LogP contribution < -0.4 is 10.6 Å². The van der Waals surface area contributed by atoms with Crippen molar-refractivity contribution in [1.29, 1.82) is 0 Å². The van der Waals surface area contributed by atoms with E-state index in [-0.39, 0.29) is 30.5 Å². The van der Waals surface area contributed by atoms with E-state index in [1.165, 1.54) is 11.3 Å². The summed E-state index contributed by atoms with van der Waals surface area (Å²) in [5, 5.41) is 22.5. The normalized spacial score (nSPS) is 12.4. The molecule has 0 fully saturated rings. The summed E-state index contributed by atoms with van der Waals surface area (Å²) in [6.45, 7) is 7.78. The van der Waals surface area contributed by atoms with Crippen molar-refractivity contribution in [2.45, 2.75) is 46.3 Å². The van der Waals surface area contributed by atoms with E-state index in [0.29, 0.717) is 28.1 Å². The van der Waals surface area contributed by atoms with Crippen LogP contribution in [-0.4, -0.2) is 33.9 Å². The highest BCUT2D eigenvalue weighted by Gasteiger charge is 2.14. The first-order valence-electron chi connectivity index (χ1n) is 9.59. The molecule has 6 nitrogen and oxygen atoms in total. The molecule has 0 saturated carbocycles. The van der Waals surface area contributed by atoms with Gasteiger partial charge in [0.1, 0.15) is 0 Å². The van der Waals surface area contributed by atoms with Crippen LogP contribution in [0.1, 0.15) is 49.4 Å². The molecule has 1 aromatic carbocycles. The number of hydrogen-bond donors (Lipinski definition) is 3. The van der Waals surface area contributed by atoms with Crippen molar-refractivity contribution in [2.75, 3.05) is 13.1 Å². The van der Waals surface area contributed by atoms with E-state index in [0.717, 1.165) is 25.1 Å². The van der Waals surface area contributed by atoms with Crippen molar-refractivity contribution in [3.05, 3.63) is 50.8 Å². The topological polar surface area (TPSA) is 74.5 Å². The summed E-state index contributed by atoms with van der Waals surface area (Å²) in [7, 11) is 1.97. The lowest BCUT2D eigenvalue weighted by Crippen LogP contribution is -2.39. The van der Waals surface area contributed by atoms with Crippen LogP contribution in [-0.2, 0) is 26.4 Å². The van der Waals surface area contributed by atoms with E-state index in [1.807, 2.05) is 18.7 Å². The number of hydrogen-bond acceptors (Lipinski definition) is 3. The number of aromatic nitrogens is 2. The number of nitrogens with zero attached hydrogens (tertiary/aromatic N) is 3. The fourth-order valence-electron chi connectivity index (χ4n) is 3.15. The molecular formula is C20H30Cl2IN5O. The van der Waals surface area contributed by atoms with Crippen LogP contribution in [0.25, 0.3) is 0 Å². The van der Waals surface area contributed by atoms with Crippen molar-refractivity contribution in [2.24, 2.45) is 12.0 Å². The van der Waals surface area contributed by atoms with Gasteiger partial charge in [0.15, 0.2) is 5.96 Å². The van der Waals surface area contributed by atoms with Gasteiger partial charge < -0.3 is 15.7 Å². The Kier molecular flexibility index (Phi) is 11.3. The third-order valence-electron chi connectivity index (χ3n) is 4.50. The van der Waals surface area contributed by atoms with E-state index >= 15 is 0 Å². The second-order valence-electron chi connectivity index (χ2n) is 6.50. The molecule has 0 radical (unpaired) electrons. The number of halogens is 3. The molecule has 0 aliphatic carbocycles. The van der Waals surface area contributed by atoms with Crippen molar-refractivity contribution < 1.29 is 5.11 Å². The SMILES string of the molecule is CCNC(=NCc1c(CC)nn(C)c1CC)NCC(O)c1cc(Cl)cc(Cl)c1.I. The minimum Gasteiger partial charge on any atom is -0.387 e. The van der Waals surface area contributed by atoms with Gasteiger partial charge in [0.25, 0.3) is 0 Å². The Morgan fingerprint density at radius 1 is 1.14 bits per heavy atom. The summed E-state index contributed by atoms with van der Waals surface area (Å²) in [4.78, 5) is 4.69. The number of aryl methyl sites for hydroxylation is 2. The molecule has 2 rings (SSSR count). The minimum absolute atomic E-state index is 0. The Hall–Kier alpha value is -1.03. The Morgan fingerprint density at radius 2 is 1.79 bits per heavy atom. The zero-order chi connectivity index (χ0) is 20.7. The van der Waals surface area contributed by atoms with Gasteiger partial charge in [-0.25, -0.2) is 4.99 Å². The smallest absolute Gasteiger partial charge is 0.191 e. The molecule has 0 aliphatic heterocycles. The number of nitrogens with one attached hydrogen (secondary N) is 2. The molecule has 3 N–H and O–H groups in total. The molecule has 9 heteroatoms. The number of guanidine groups is 1. The summed E-state index contributed by atoms with van der Waals surface area (Å²) in [6.07, 6.45) is 1.03. The Balaban J connectivity index is 0.00000420. The molecule has 0 spiro atoms. The highest BCUT2D eigenvalue weighted by atomic mass is 127. The summed E-state index contributed by atoms with van der Waals surface area (Å²) >= 11 is 12.0. The highest BCUT2D eigenvalue weighted by molar-refractivity contribution is 14.0. The number of benzene rings is 1. The van der Waals surface area contributed by atoms with Gasteiger partial charge in [0.05, 0.1) is 18.3 Å². The van der Waals surface area contributed by atoms with E-state index in [2.05, 4.69) is 29.6 Å². The summed E-state index contributed by atoms with van der Waals surface area (Å²) < 4.78 is 1.94. The first-order valence-corrected chi connectivity index (χ1v) is 10.3. The van der Waals surface area contributed by atoms with Crippen molar-refractivity contribution in [3.8, 4) is 0 Å². The predicted octanol–water partition coefficient (Wildman–Crippen LogP) is 4.26. The molecule has 0 bridgehead atoms. The van der Waals surface area contributed by atoms with Crippen LogP contribution in [0, 0.1) is 0 Å². The number of rotatable bonds is 8. The molecule has 0 amide bonds. The van der Waals surface area contributed by atoms with Crippen molar-refractivity contribution >= 4 is 53.1 Å².